The van der Waals surface area contributed by atoms with Gasteiger partial charge in [-0.1, -0.05) is 12.1 Å². The van der Waals surface area contributed by atoms with E-state index < -0.39 is 13.4 Å². The zero-order chi connectivity index (χ0) is 10.8. The number of nitriles is 1. The Balaban J connectivity index is 3.00. The van der Waals surface area contributed by atoms with Crippen molar-refractivity contribution in [2.45, 2.75) is 5.78 Å². The Morgan fingerprint density at radius 3 is 2.21 bits per heavy atom. The fourth-order valence-electron chi connectivity index (χ4n) is 0.949. The van der Waals surface area contributed by atoms with Gasteiger partial charge in [-0.15, -0.1) is 0 Å². The minimum Gasteiger partial charge on any atom is -0.323 e. The van der Waals surface area contributed by atoms with Gasteiger partial charge in [0.05, 0.1) is 11.6 Å². The molecule has 0 radical (unpaired) electrons. The van der Waals surface area contributed by atoms with E-state index in [2.05, 4.69) is 0 Å². The highest BCUT2D eigenvalue weighted by molar-refractivity contribution is 7.52. The molecule has 6 heteroatoms. The summed E-state index contributed by atoms with van der Waals surface area (Å²) in [4.78, 5) is 17.6. The molecule has 0 aromatic heterocycles. The van der Waals surface area contributed by atoms with Gasteiger partial charge in [-0.05, 0) is 17.7 Å². The van der Waals surface area contributed by atoms with Crippen molar-refractivity contribution < 1.29 is 14.4 Å². The van der Waals surface area contributed by atoms with Crippen molar-refractivity contribution in [3.63, 3.8) is 0 Å². The summed E-state index contributed by atoms with van der Waals surface area (Å²) in [5, 5.41) is 8.49. The molecule has 1 aromatic rings. The van der Waals surface area contributed by atoms with Crippen LogP contribution >= 0.6 is 7.60 Å². The predicted molar refractivity (Wildman–Crippen MR) is 50.1 cm³/mol. The summed E-state index contributed by atoms with van der Waals surface area (Å²) in [6.45, 7) is 0. The third-order valence-corrected chi connectivity index (χ3v) is 2.77. The molecule has 5 nitrogen and oxygen atoms in total. The van der Waals surface area contributed by atoms with Gasteiger partial charge in [0.2, 0.25) is 0 Å². The molecule has 4 N–H and O–H groups in total. The SMILES string of the molecule is N#Cc1ccc(C(N)P(=O)(O)O)cc1. The molecule has 0 saturated carbocycles. The minimum absolute atomic E-state index is 0.317. The number of benzene rings is 1. The molecular weight excluding hydrogens is 203 g/mol. The van der Waals surface area contributed by atoms with Crippen LogP contribution in [0.3, 0.4) is 0 Å². The Labute approximate surface area is 80.9 Å². The largest absolute Gasteiger partial charge is 0.346 e. The van der Waals surface area contributed by atoms with E-state index in [1.165, 1.54) is 24.3 Å². The predicted octanol–water partition coefficient (Wildman–Crippen LogP) is 0.693. The quantitative estimate of drug-likeness (QED) is 0.625. The highest BCUT2D eigenvalue weighted by Gasteiger charge is 2.25. The van der Waals surface area contributed by atoms with Gasteiger partial charge in [-0.2, -0.15) is 5.26 Å². The van der Waals surface area contributed by atoms with Gasteiger partial charge >= 0.3 is 7.60 Å². The van der Waals surface area contributed by atoms with Gasteiger partial charge in [0, 0.05) is 0 Å². The molecule has 0 amide bonds. The van der Waals surface area contributed by atoms with E-state index in [0.717, 1.165) is 0 Å². The van der Waals surface area contributed by atoms with E-state index in [9.17, 15) is 4.57 Å². The second kappa shape index (κ2) is 3.91. The normalized spacial score (nSPS) is 13.3. The van der Waals surface area contributed by atoms with E-state index in [0.29, 0.717) is 11.1 Å². The summed E-state index contributed by atoms with van der Waals surface area (Å²) in [7, 11) is -4.31. The fraction of sp³-hybridized carbons (Fsp3) is 0.125. The topological polar surface area (TPSA) is 107 Å². The van der Waals surface area contributed by atoms with E-state index >= 15 is 0 Å². The second-order valence-electron chi connectivity index (χ2n) is 2.77. The summed E-state index contributed by atoms with van der Waals surface area (Å²) in [6.07, 6.45) is 0. The molecule has 74 valence electrons. The Kier molecular flexibility index (Phi) is 3.04. The molecule has 0 saturated heterocycles. The van der Waals surface area contributed by atoms with Crippen LogP contribution in [-0.4, -0.2) is 9.79 Å². The molecule has 14 heavy (non-hydrogen) atoms. The third kappa shape index (κ3) is 2.41. The average Bonchev–Trinajstić information content (AvgIpc) is 2.15. The molecular formula is C8H9N2O3P. The Bertz CT molecular complexity index is 404. The molecule has 1 aromatic carbocycles. The lowest BCUT2D eigenvalue weighted by Crippen LogP contribution is -2.10. The van der Waals surface area contributed by atoms with E-state index in [-0.39, 0.29) is 0 Å². The summed E-state index contributed by atoms with van der Waals surface area (Å²) in [5.74, 6) is -1.32. The van der Waals surface area contributed by atoms with Crippen molar-refractivity contribution in [3.8, 4) is 6.07 Å². The van der Waals surface area contributed by atoms with Crippen molar-refractivity contribution in [2.75, 3.05) is 0 Å². The Morgan fingerprint density at radius 1 is 1.36 bits per heavy atom. The molecule has 0 aliphatic carbocycles. The van der Waals surface area contributed by atoms with Crippen LogP contribution in [0.5, 0.6) is 0 Å². The summed E-state index contributed by atoms with van der Waals surface area (Å²) in [6, 6.07) is 7.69. The van der Waals surface area contributed by atoms with Crippen molar-refractivity contribution in [3.05, 3.63) is 35.4 Å². The zero-order valence-corrected chi connectivity index (χ0v) is 8.06. The van der Waals surface area contributed by atoms with Crippen LogP contribution in [0.4, 0.5) is 0 Å². The van der Waals surface area contributed by atoms with Gasteiger partial charge in [0.25, 0.3) is 0 Å². The van der Waals surface area contributed by atoms with E-state index in [1.54, 1.807) is 0 Å². The first-order chi connectivity index (χ1) is 6.45. The first-order valence-electron chi connectivity index (χ1n) is 3.76. The van der Waals surface area contributed by atoms with Crippen molar-refractivity contribution in [1.29, 1.82) is 5.26 Å². The van der Waals surface area contributed by atoms with Gasteiger partial charge in [-0.3, -0.25) is 4.57 Å². The Morgan fingerprint density at radius 2 is 1.86 bits per heavy atom. The number of rotatable bonds is 2. The fourth-order valence-corrected chi connectivity index (χ4v) is 1.51. The average molecular weight is 212 g/mol. The van der Waals surface area contributed by atoms with Crippen LogP contribution in [0.1, 0.15) is 16.9 Å². The monoisotopic (exact) mass is 212 g/mol. The molecule has 0 heterocycles. The van der Waals surface area contributed by atoms with Crippen LogP contribution in [0.15, 0.2) is 24.3 Å². The number of hydrogen-bond acceptors (Lipinski definition) is 3. The molecule has 0 aliphatic rings. The number of nitrogens with two attached hydrogens (primary N) is 1. The van der Waals surface area contributed by atoms with Crippen LogP contribution < -0.4 is 5.73 Å². The lowest BCUT2D eigenvalue weighted by Gasteiger charge is -2.13. The zero-order valence-electron chi connectivity index (χ0n) is 7.16. The molecule has 1 rings (SSSR count). The highest BCUT2D eigenvalue weighted by Crippen LogP contribution is 2.47. The second-order valence-corrected chi connectivity index (χ2v) is 4.50. The molecule has 0 fully saturated rings. The first kappa shape index (κ1) is 10.9. The van der Waals surface area contributed by atoms with Gasteiger partial charge in [0.1, 0.15) is 5.78 Å². The lowest BCUT2D eigenvalue weighted by atomic mass is 10.1. The summed E-state index contributed by atoms with van der Waals surface area (Å²) in [5.41, 5.74) is 6.06. The van der Waals surface area contributed by atoms with Crippen molar-refractivity contribution in [1.82, 2.24) is 0 Å². The van der Waals surface area contributed by atoms with E-state index in [4.69, 9.17) is 20.8 Å². The molecule has 1 atom stereocenters. The van der Waals surface area contributed by atoms with Gasteiger partial charge in [0.15, 0.2) is 0 Å². The highest BCUT2D eigenvalue weighted by atomic mass is 31.2. The smallest absolute Gasteiger partial charge is 0.323 e. The minimum atomic E-state index is -4.31. The summed E-state index contributed by atoms with van der Waals surface area (Å²) >= 11 is 0. The first-order valence-corrected chi connectivity index (χ1v) is 5.44. The van der Waals surface area contributed by atoms with Crippen LogP contribution in [0.25, 0.3) is 0 Å². The van der Waals surface area contributed by atoms with Gasteiger partial charge < -0.3 is 15.5 Å². The van der Waals surface area contributed by atoms with E-state index in [1.807, 2.05) is 6.07 Å². The van der Waals surface area contributed by atoms with Crippen LogP contribution in [0, 0.1) is 11.3 Å². The molecule has 1 unspecified atom stereocenters. The maximum atomic E-state index is 10.8. The van der Waals surface area contributed by atoms with Gasteiger partial charge in [-0.25, -0.2) is 0 Å². The molecule has 0 bridgehead atoms. The maximum absolute atomic E-state index is 10.8. The van der Waals surface area contributed by atoms with Crippen molar-refractivity contribution >= 4 is 7.60 Å². The van der Waals surface area contributed by atoms with Crippen LogP contribution in [0.2, 0.25) is 0 Å². The number of nitrogens with zero attached hydrogens (tertiary/aromatic N) is 1. The Hall–Kier alpha value is -1.18. The maximum Gasteiger partial charge on any atom is 0.346 e. The van der Waals surface area contributed by atoms with Crippen LogP contribution in [-0.2, 0) is 4.57 Å². The number of hydrogen-bond donors (Lipinski definition) is 3. The molecule has 0 spiro atoms. The van der Waals surface area contributed by atoms with Crippen molar-refractivity contribution in [2.24, 2.45) is 5.73 Å². The summed E-state index contributed by atoms with van der Waals surface area (Å²) < 4.78 is 10.8. The lowest BCUT2D eigenvalue weighted by molar-refractivity contribution is 0.359. The standard InChI is InChI=1S/C8H9N2O3P/c9-5-6-1-3-7(4-2-6)8(10)14(11,12)13/h1-4,8H,10H2,(H2,11,12,13). The molecule has 0 aliphatic heterocycles. The third-order valence-electron chi connectivity index (χ3n) is 1.74.